The largest absolute Gasteiger partial charge is 0.0622 e. The highest BCUT2D eigenvalue weighted by Gasteiger charge is 2.13. The Morgan fingerprint density at radius 3 is 1.64 bits per heavy atom. The Morgan fingerprint density at radius 2 is 0.886 bits per heavy atom. The number of rotatable bonds is 2. The molecule has 0 spiro atoms. The first kappa shape index (κ1) is 27.6. The Labute approximate surface area is 260 Å². The van der Waals surface area contributed by atoms with E-state index in [0.29, 0.717) is 0 Å². The predicted octanol–water partition coefficient (Wildman–Crippen LogP) is 12.6. The Kier molecular flexibility index (Phi) is 7.20. The van der Waals surface area contributed by atoms with Gasteiger partial charge in [-0.15, -0.1) is 0 Å². The van der Waals surface area contributed by atoms with Crippen LogP contribution in [0.4, 0.5) is 0 Å². The van der Waals surface area contributed by atoms with Crippen LogP contribution in [0, 0.1) is 27.7 Å². The fourth-order valence-corrected chi connectivity index (χ4v) is 6.67. The SMILES string of the molecule is Cc1ccc(C)c2c(-c3ccccc3)c3ccccc3cc12.Cc1ccc2c(-c3ccccc3)c3cc(C)ccc3cc2c1. The van der Waals surface area contributed by atoms with Crippen molar-refractivity contribution in [2.75, 3.05) is 0 Å². The van der Waals surface area contributed by atoms with Crippen LogP contribution in [0.1, 0.15) is 22.3 Å². The van der Waals surface area contributed by atoms with Crippen molar-refractivity contribution in [3.63, 3.8) is 0 Å². The summed E-state index contributed by atoms with van der Waals surface area (Å²) in [6, 6.07) is 52.7. The molecule has 0 aliphatic carbocycles. The third-order valence-corrected chi connectivity index (χ3v) is 8.84. The summed E-state index contributed by atoms with van der Waals surface area (Å²) in [5.41, 5.74) is 10.6. The molecule has 0 bridgehead atoms. The molecule has 0 radical (unpaired) electrons. The molecule has 0 saturated heterocycles. The Morgan fingerprint density at radius 1 is 0.318 bits per heavy atom. The molecule has 8 aromatic rings. The molecule has 8 rings (SSSR count). The molecule has 0 N–H and O–H groups in total. The minimum absolute atomic E-state index is 1.28. The van der Waals surface area contributed by atoms with E-state index in [4.69, 9.17) is 0 Å². The van der Waals surface area contributed by atoms with Crippen LogP contribution in [-0.4, -0.2) is 0 Å². The summed E-state index contributed by atoms with van der Waals surface area (Å²) in [4.78, 5) is 0. The van der Waals surface area contributed by atoms with E-state index < -0.39 is 0 Å². The average Bonchev–Trinajstić information content (AvgIpc) is 3.05. The van der Waals surface area contributed by atoms with Gasteiger partial charge in [0.05, 0.1) is 0 Å². The summed E-state index contributed by atoms with van der Waals surface area (Å²) in [6.45, 7) is 8.73. The van der Waals surface area contributed by atoms with Gasteiger partial charge < -0.3 is 0 Å². The van der Waals surface area contributed by atoms with E-state index in [1.807, 2.05) is 0 Å². The average molecular weight is 565 g/mol. The van der Waals surface area contributed by atoms with Crippen molar-refractivity contribution in [2.24, 2.45) is 0 Å². The van der Waals surface area contributed by atoms with Crippen molar-refractivity contribution in [2.45, 2.75) is 27.7 Å². The van der Waals surface area contributed by atoms with Crippen LogP contribution >= 0.6 is 0 Å². The molecule has 0 heterocycles. The van der Waals surface area contributed by atoms with Gasteiger partial charge in [-0.1, -0.05) is 145 Å². The van der Waals surface area contributed by atoms with E-state index in [1.54, 1.807) is 0 Å². The molecule has 0 aliphatic heterocycles. The normalized spacial score (nSPS) is 11.2. The van der Waals surface area contributed by atoms with E-state index in [-0.39, 0.29) is 0 Å². The topological polar surface area (TPSA) is 0 Å². The van der Waals surface area contributed by atoms with Crippen molar-refractivity contribution in [3.05, 3.63) is 168 Å². The fourth-order valence-electron chi connectivity index (χ4n) is 6.67. The molecular formula is C44H36. The summed E-state index contributed by atoms with van der Waals surface area (Å²) in [5.74, 6) is 0. The van der Waals surface area contributed by atoms with Crippen LogP contribution < -0.4 is 0 Å². The quantitative estimate of drug-likeness (QED) is 0.183. The molecule has 0 aliphatic rings. The zero-order valence-corrected chi connectivity index (χ0v) is 25.9. The highest BCUT2D eigenvalue weighted by molar-refractivity contribution is 6.15. The first-order valence-corrected chi connectivity index (χ1v) is 15.4. The minimum atomic E-state index is 1.28. The molecule has 0 unspecified atom stereocenters. The van der Waals surface area contributed by atoms with Crippen LogP contribution in [0.15, 0.2) is 146 Å². The number of aryl methyl sites for hydroxylation is 4. The lowest BCUT2D eigenvalue weighted by Crippen LogP contribution is -1.90. The van der Waals surface area contributed by atoms with Crippen molar-refractivity contribution >= 4 is 43.1 Å². The Hall–Kier alpha value is -5.20. The lowest BCUT2D eigenvalue weighted by molar-refractivity contribution is 1.46. The van der Waals surface area contributed by atoms with Gasteiger partial charge in [-0.2, -0.15) is 0 Å². The summed E-state index contributed by atoms with van der Waals surface area (Å²) < 4.78 is 0. The first-order chi connectivity index (χ1) is 21.5. The molecule has 0 aromatic heterocycles. The van der Waals surface area contributed by atoms with Crippen molar-refractivity contribution < 1.29 is 0 Å². The number of benzene rings is 8. The third kappa shape index (κ3) is 5.03. The summed E-state index contributed by atoms with van der Waals surface area (Å²) >= 11 is 0. The van der Waals surface area contributed by atoms with E-state index in [1.165, 1.54) is 87.6 Å². The van der Waals surface area contributed by atoms with E-state index in [2.05, 4.69) is 173 Å². The minimum Gasteiger partial charge on any atom is -0.0622 e. The maximum Gasteiger partial charge on any atom is -0.00241 e. The molecule has 0 nitrogen and oxygen atoms in total. The predicted molar refractivity (Wildman–Crippen MR) is 193 cm³/mol. The highest BCUT2D eigenvalue weighted by atomic mass is 14.2. The van der Waals surface area contributed by atoms with Gasteiger partial charge in [0.1, 0.15) is 0 Å². The molecule has 0 amide bonds. The van der Waals surface area contributed by atoms with Crippen LogP contribution in [0.5, 0.6) is 0 Å². The molecule has 44 heavy (non-hydrogen) atoms. The molecular weight excluding hydrogens is 528 g/mol. The number of fused-ring (bicyclic) bond motifs is 4. The lowest BCUT2D eigenvalue weighted by Gasteiger charge is -2.15. The maximum atomic E-state index is 2.33. The van der Waals surface area contributed by atoms with E-state index >= 15 is 0 Å². The zero-order chi connectivity index (χ0) is 30.2. The summed E-state index contributed by atoms with van der Waals surface area (Å²) in [5, 5.41) is 10.7. The van der Waals surface area contributed by atoms with Crippen LogP contribution in [-0.2, 0) is 0 Å². The van der Waals surface area contributed by atoms with Crippen LogP contribution in [0.2, 0.25) is 0 Å². The Balaban J connectivity index is 0.000000142. The zero-order valence-electron chi connectivity index (χ0n) is 25.9. The van der Waals surface area contributed by atoms with Gasteiger partial charge in [0.2, 0.25) is 0 Å². The third-order valence-electron chi connectivity index (χ3n) is 8.84. The van der Waals surface area contributed by atoms with Gasteiger partial charge in [0.15, 0.2) is 0 Å². The molecule has 0 fully saturated rings. The van der Waals surface area contributed by atoms with Gasteiger partial charge in [-0.05, 0) is 116 Å². The fraction of sp³-hybridized carbons (Fsp3) is 0.0909. The standard InChI is InChI=1S/2C22H18/c1-15-12-13-16(2)21-20(15)14-18-10-6-7-11-19(18)22(21)17-8-4-3-5-9-17;1-15-9-11-20-19(12-15)14-18-10-8-16(2)13-21(18)22(20)17-6-4-3-5-7-17/h2*3-14H,1-2H3. The molecule has 8 aromatic carbocycles. The van der Waals surface area contributed by atoms with Gasteiger partial charge in [-0.3, -0.25) is 0 Å². The molecule has 0 atom stereocenters. The van der Waals surface area contributed by atoms with E-state index in [9.17, 15) is 0 Å². The maximum absolute atomic E-state index is 2.33. The Bertz CT molecular complexity index is 2290. The first-order valence-electron chi connectivity index (χ1n) is 15.4. The van der Waals surface area contributed by atoms with Crippen molar-refractivity contribution in [1.29, 1.82) is 0 Å². The summed E-state index contributed by atoms with van der Waals surface area (Å²) in [6.07, 6.45) is 0. The van der Waals surface area contributed by atoms with Gasteiger partial charge in [-0.25, -0.2) is 0 Å². The molecule has 0 saturated carbocycles. The summed E-state index contributed by atoms with van der Waals surface area (Å²) in [7, 11) is 0. The number of hydrogen-bond acceptors (Lipinski definition) is 0. The monoisotopic (exact) mass is 564 g/mol. The highest BCUT2D eigenvalue weighted by Crippen LogP contribution is 2.39. The molecule has 0 heteroatoms. The second-order valence-electron chi connectivity index (χ2n) is 12.0. The van der Waals surface area contributed by atoms with Crippen molar-refractivity contribution in [3.8, 4) is 22.3 Å². The second kappa shape index (κ2) is 11.5. The second-order valence-corrected chi connectivity index (χ2v) is 12.0. The van der Waals surface area contributed by atoms with Gasteiger partial charge in [0.25, 0.3) is 0 Å². The smallest absolute Gasteiger partial charge is 0.00241 e. The van der Waals surface area contributed by atoms with Crippen LogP contribution in [0.25, 0.3) is 65.3 Å². The lowest BCUT2D eigenvalue weighted by atomic mass is 9.88. The van der Waals surface area contributed by atoms with Crippen molar-refractivity contribution in [1.82, 2.24) is 0 Å². The van der Waals surface area contributed by atoms with Crippen LogP contribution in [0.3, 0.4) is 0 Å². The van der Waals surface area contributed by atoms with Gasteiger partial charge >= 0.3 is 0 Å². The van der Waals surface area contributed by atoms with E-state index in [0.717, 1.165) is 0 Å². The molecule has 212 valence electrons. The van der Waals surface area contributed by atoms with Gasteiger partial charge in [0, 0.05) is 0 Å². The number of hydrogen-bond donors (Lipinski definition) is 0.